The molecule has 0 amide bonds. The lowest BCUT2D eigenvalue weighted by atomic mass is 10.2. The molecule has 0 spiro atoms. The zero-order chi connectivity index (χ0) is 10.7. The number of benzene rings is 1. The second-order valence-electron chi connectivity index (χ2n) is 2.94. The van der Waals surface area contributed by atoms with Gasteiger partial charge in [-0.2, -0.15) is 5.10 Å². The van der Waals surface area contributed by atoms with Crippen molar-refractivity contribution < 1.29 is 0 Å². The number of aromatic nitrogens is 3. The van der Waals surface area contributed by atoms with Crippen molar-refractivity contribution in [2.75, 3.05) is 5.73 Å². The molecule has 0 atom stereocenters. The van der Waals surface area contributed by atoms with Crippen LogP contribution in [0.25, 0.3) is 0 Å². The van der Waals surface area contributed by atoms with Crippen molar-refractivity contribution in [1.29, 1.82) is 0 Å². The fourth-order valence-corrected chi connectivity index (χ4v) is 1.94. The van der Waals surface area contributed by atoms with Gasteiger partial charge in [-0.3, -0.25) is 5.10 Å². The third-order valence-corrected chi connectivity index (χ3v) is 3.12. The van der Waals surface area contributed by atoms with Crippen LogP contribution >= 0.6 is 23.4 Å². The molecule has 0 aliphatic carbocycles. The largest absolute Gasteiger partial charge is 0.398 e. The highest BCUT2D eigenvalue weighted by Gasteiger charge is 2.01. The number of anilines is 1. The van der Waals surface area contributed by atoms with E-state index in [9.17, 15) is 0 Å². The molecule has 0 aliphatic heterocycles. The van der Waals surface area contributed by atoms with Gasteiger partial charge in [-0.1, -0.05) is 29.4 Å². The lowest BCUT2D eigenvalue weighted by Crippen LogP contribution is -1.89. The number of thioether (sulfide) groups is 1. The standard InChI is InChI=1S/C9H9ClN4S/c10-7-2-1-6(3-8(7)11)4-15-9-12-5-13-14-9/h1-3,5H,4,11H2,(H,12,13,14). The lowest BCUT2D eigenvalue weighted by molar-refractivity contribution is 0.973. The van der Waals surface area contributed by atoms with Crippen LogP contribution < -0.4 is 5.73 Å². The number of aromatic amines is 1. The molecule has 6 heteroatoms. The molecule has 1 aromatic heterocycles. The van der Waals surface area contributed by atoms with Crippen molar-refractivity contribution >= 4 is 29.1 Å². The molecule has 0 radical (unpaired) electrons. The molecule has 1 heterocycles. The second-order valence-corrected chi connectivity index (χ2v) is 4.31. The topological polar surface area (TPSA) is 67.6 Å². The Morgan fingerprint density at radius 3 is 3.00 bits per heavy atom. The van der Waals surface area contributed by atoms with Gasteiger partial charge in [-0.25, -0.2) is 4.98 Å². The van der Waals surface area contributed by atoms with Gasteiger partial charge in [0, 0.05) is 5.75 Å². The van der Waals surface area contributed by atoms with Crippen LogP contribution in [0.15, 0.2) is 29.7 Å². The summed E-state index contributed by atoms with van der Waals surface area (Å²) in [4.78, 5) is 4.01. The van der Waals surface area contributed by atoms with E-state index in [1.807, 2.05) is 12.1 Å². The first-order valence-electron chi connectivity index (χ1n) is 4.28. The minimum atomic E-state index is 0.586. The van der Waals surface area contributed by atoms with Crippen LogP contribution in [0.4, 0.5) is 5.69 Å². The van der Waals surface area contributed by atoms with Gasteiger partial charge in [0.05, 0.1) is 10.7 Å². The molecule has 0 unspecified atom stereocenters. The maximum Gasteiger partial charge on any atom is 0.183 e. The number of halogens is 1. The highest BCUT2D eigenvalue weighted by Crippen LogP contribution is 2.24. The molecular weight excluding hydrogens is 232 g/mol. The van der Waals surface area contributed by atoms with E-state index in [0.717, 1.165) is 16.5 Å². The van der Waals surface area contributed by atoms with E-state index in [2.05, 4.69) is 15.2 Å². The molecule has 0 saturated heterocycles. The molecule has 0 fully saturated rings. The Morgan fingerprint density at radius 2 is 2.33 bits per heavy atom. The van der Waals surface area contributed by atoms with E-state index in [-0.39, 0.29) is 0 Å². The Bertz CT molecular complexity index is 443. The predicted molar refractivity (Wildman–Crippen MR) is 61.8 cm³/mol. The third kappa shape index (κ3) is 2.64. The van der Waals surface area contributed by atoms with Crippen molar-refractivity contribution in [3.05, 3.63) is 35.1 Å². The average molecular weight is 241 g/mol. The van der Waals surface area contributed by atoms with Gasteiger partial charge in [0.25, 0.3) is 0 Å². The van der Waals surface area contributed by atoms with Gasteiger partial charge in [-0.15, -0.1) is 0 Å². The first-order chi connectivity index (χ1) is 7.25. The van der Waals surface area contributed by atoms with E-state index in [4.69, 9.17) is 17.3 Å². The van der Waals surface area contributed by atoms with Crippen LogP contribution in [0.3, 0.4) is 0 Å². The highest BCUT2D eigenvalue weighted by atomic mass is 35.5. The molecule has 1 aromatic carbocycles. The third-order valence-electron chi connectivity index (χ3n) is 1.83. The van der Waals surface area contributed by atoms with Crippen molar-refractivity contribution in [2.24, 2.45) is 0 Å². The molecule has 2 rings (SSSR count). The van der Waals surface area contributed by atoms with E-state index in [1.165, 1.54) is 6.33 Å². The summed E-state index contributed by atoms with van der Waals surface area (Å²) in [6, 6.07) is 5.61. The number of nitrogens with zero attached hydrogens (tertiary/aromatic N) is 2. The van der Waals surface area contributed by atoms with Crippen LogP contribution in [0.1, 0.15) is 5.56 Å². The van der Waals surface area contributed by atoms with Crippen molar-refractivity contribution in [2.45, 2.75) is 10.9 Å². The Hall–Kier alpha value is -1.20. The van der Waals surface area contributed by atoms with Crippen LogP contribution in [0, 0.1) is 0 Å². The van der Waals surface area contributed by atoms with E-state index in [0.29, 0.717) is 10.7 Å². The summed E-state index contributed by atoms with van der Waals surface area (Å²) in [7, 11) is 0. The first-order valence-corrected chi connectivity index (χ1v) is 5.64. The number of nitrogen functional groups attached to an aromatic ring is 1. The van der Waals surface area contributed by atoms with E-state index in [1.54, 1.807) is 17.8 Å². The quantitative estimate of drug-likeness (QED) is 0.638. The molecule has 0 bridgehead atoms. The zero-order valence-electron chi connectivity index (χ0n) is 7.77. The monoisotopic (exact) mass is 240 g/mol. The number of rotatable bonds is 3. The van der Waals surface area contributed by atoms with Crippen LogP contribution in [-0.4, -0.2) is 15.2 Å². The maximum absolute atomic E-state index is 5.82. The van der Waals surface area contributed by atoms with Gasteiger partial charge in [0.15, 0.2) is 5.16 Å². The Kier molecular flexibility index (Phi) is 3.13. The summed E-state index contributed by atoms with van der Waals surface area (Å²) in [6.07, 6.45) is 1.48. The maximum atomic E-state index is 5.82. The van der Waals surface area contributed by atoms with Crippen molar-refractivity contribution in [3.63, 3.8) is 0 Å². The van der Waals surface area contributed by atoms with Gasteiger partial charge in [0.1, 0.15) is 6.33 Å². The zero-order valence-corrected chi connectivity index (χ0v) is 9.35. The fraction of sp³-hybridized carbons (Fsp3) is 0.111. The smallest absolute Gasteiger partial charge is 0.183 e. The van der Waals surface area contributed by atoms with Crippen LogP contribution in [-0.2, 0) is 5.75 Å². The molecular formula is C9H9ClN4S. The van der Waals surface area contributed by atoms with Crippen LogP contribution in [0.2, 0.25) is 5.02 Å². The molecule has 15 heavy (non-hydrogen) atoms. The molecule has 0 saturated carbocycles. The number of hydrogen-bond acceptors (Lipinski definition) is 4. The number of hydrogen-bond donors (Lipinski definition) is 2. The number of nitrogens with one attached hydrogen (secondary N) is 1. The summed E-state index contributed by atoms with van der Waals surface area (Å²) >= 11 is 7.39. The van der Waals surface area contributed by atoms with Crippen LogP contribution in [0.5, 0.6) is 0 Å². The Morgan fingerprint density at radius 1 is 1.47 bits per heavy atom. The highest BCUT2D eigenvalue weighted by molar-refractivity contribution is 7.98. The minimum Gasteiger partial charge on any atom is -0.398 e. The minimum absolute atomic E-state index is 0.586. The Balaban J connectivity index is 2.02. The SMILES string of the molecule is Nc1cc(CSc2ncn[nH]2)ccc1Cl. The predicted octanol–water partition coefficient (Wildman–Crippen LogP) is 2.33. The molecule has 2 aromatic rings. The summed E-state index contributed by atoms with van der Waals surface area (Å²) in [5.41, 5.74) is 7.41. The second kappa shape index (κ2) is 4.55. The number of H-pyrrole nitrogens is 1. The number of nitrogens with two attached hydrogens (primary N) is 1. The molecule has 78 valence electrons. The lowest BCUT2D eigenvalue weighted by Gasteiger charge is -2.02. The van der Waals surface area contributed by atoms with E-state index >= 15 is 0 Å². The van der Waals surface area contributed by atoms with Gasteiger partial charge in [0.2, 0.25) is 0 Å². The summed E-state index contributed by atoms with van der Waals surface area (Å²) < 4.78 is 0. The molecule has 4 nitrogen and oxygen atoms in total. The normalized spacial score (nSPS) is 10.5. The Labute approximate surface area is 96.2 Å². The summed E-state index contributed by atoms with van der Waals surface area (Å²) in [5.74, 6) is 0.788. The average Bonchev–Trinajstić information content (AvgIpc) is 2.73. The molecule has 0 aliphatic rings. The van der Waals surface area contributed by atoms with Gasteiger partial charge >= 0.3 is 0 Å². The van der Waals surface area contributed by atoms with Crippen molar-refractivity contribution in [3.8, 4) is 0 Å². The van der Waals surface area contributed by atoms with Gasteiger partial charge in [-0.05, 0) is 17.7 Å². The van der Waals surface area contributed by atoms with Crippen molar-refractivity contribution in [1.82, 2.24) is 15.2 Å². The fourth-order valence-electron chi connectivity index (χ4n) is 1.10. The molecule has 3 N–H and O–H groups in total. The van der Waals surface area contributed by atoms with E-state index < -0.39 is 0 Å². The summed E-state index contributed by atoms with van der Waals surface area (Å²) in [6.45, 7) is 0. The van der Waals surface area contributed by atoms with Gasteiger partial charge < -0.3 is 5.73 Å². The first kappa shape index (κ1) is 10.3. The summed E-state index contributed by atoms with van der Waals surface area (Å²) in [5, 5.41) is 7.92.